The van der Waals surface area contributed by atoms with Crippen LogP contribution < -0.4 is 0 Å². The van der Waals surface area contributed by atoms with E-state index in [9.17, 15) is 0 Å². The van der Waals surface area contributed by atoms with E-state index >= 15 is 0 Å². The zero-order valence-electron chi connectivity index (χ0n) is 2.43. The van der Waals surface area contributed by atoms with Crippen LogP contribution in [0.3, 0.4) is 0 Å². The van der Waals surface area contributed by atoms with Crippen LogP contribution in [0.4, 0.5) is 0 Å². The first-order valence-corrected chi connectivity index (χ1v) is 0.494. The predicted molar refractivity (Wildman–Crippen MR) is 17.2 cm³/mol. The van der Waals surface area contributed by atoms with Crippen molar-refractivity contribution in [2.45, 2.75) is 0 Å². The van der Waals surface area contributed by atoms with Crippen molar-refractivity contribution in [2.24, 2.45) is 0 Å². The van der Waals surface area contributed by atoms with Crippen LogP contribution >= 0.6 is 0 Å². The van der Waals surface area contributed by atoms with Gasteiger partial charge in [0.2, 0.25) is 0 Å². The first-order valence-electron chi connectivity index (χ1n) is 0.494. The van der Waals surface area contributed by atoms with Crippen molar-refractivity contribution in [3.8, 4) is 0 Å². The molecule has 4 heavy (non-hydrogen) atoms. The fourth-order valence-electron chi connectivity index (χ4n) is 0. The molecule has 1 N–H and O–H groups in total. The summed E-state index contributed by atoms with van der Waals surface area (Å²) in [6, 6.07) is 0. The summed E-state index contributed by atoms with van der Waals surface area (Å²) in [5.74, 6) is 0. The molecule has 0 spiro atoms. The van der Waals surface area contributed by atoms with Crippen molar-refractivity contribution >= 4 is 34.7 Å². The fourth-order valence-corrected chi connectivity index (χ4v) is 0. The van der Waals surface area contributed by atoms with Gasteiger partial charge in [-0.3, -0.25) is 0 Å². The maximum absolute atomic E-state index is 8.36. The Bertz CT molecular complexity index is 13.5. The second-order valence-electron chi connectivity index (χ2n) is 0.105. The Morgan fingerprint density at radius 1 is 1.75 bits per heavy atom. The minimum absolute atomic E-state index is 0. The van der Waals surface area contributed by atoms with Gasteiger partial charge in [-0.2, -0.15) is 0 Å². The second-order valence-corrected chi connectivity index (χ2v) is 0.105. The summed E-state index contributed by atoms with van der Waals surface area (Å²) in [7, 11) is -0.250. The van der Waals surface area contributed by atoms with Gasteiger partial charge in [0, 0.05) is 0 Å². The van der Waals surface area contributed by atoms with Gasteiger partial charge >= 0.3 is 44.4 Å². The summed E-state index contributed by atoms with van der Waals surface area (Å²) in [4.78, 5) is 0. The van der Waals surface area contributed by atoms with E-state index in [4.69, 9.17) is 9.73 Å². The number of hydrogen-bond donors (Lipinski definition) is 1. The molecule has 0 bridgehead atoms. The van der Waals surface area contributed by atoms with Gasteiger partial charge in [0.15, 0.2) is 0 Å². The predicted octanol–water partition coefficient (Wildman–Crippen LogP) is -1.97. The molecule has 0 saturated heterocycles. The zero-order valence-corrected chi connectivity index (χ0v) is 10.2. The summed E-state index contributed by atoms with van der Waals surface area (Å²) in [5, 5.41) is 6.89. The van der Waals surface area contributed by atoms with Crippen LogP contribution in [0, 0.1) is 0 Å². The van der Waals surface area contributed by atoms with Gasteiger partial charge in [-0.25, -0.2) is 0 Å². The van der Waals surface area contributed by atoms with Crippen LogP contribution in [-0.2, 0) is 4.70 Å². The van der Waals surface area contributed by atoms with E-state index in [2.05, 4.69) is 0 Å². The van der Waals surface area contributed by atoms with Crippen LogP contribution in [0.2, 0.25) is 0 Å². The van der Waals surface area contributed by atoms with Crippen LogP contribution in [0.25, 0.3) is 0 Å². The van der Waals surface area contributed by atoms with Crippen LogP contribution in [0.5, 0.6) is 0 Å². The Morgan fingerprint density at radius 3 is 1.75 bits per heavy atom. The van der Waals surface area contributed by atoms with Crippen molar-refractivity contribution in [3.05, 3.63) is 0 Å². The molecule has 0 atom stereocenters. The Morgan fingerprint density at radius 2 is 1.75 bits per heavy atom. The van der Waals surface area contributed by atoms with Crippen LogP contribution in [0.15, 0.2) is 0 Å². The third-order valence-corrected chi connectivity index (χ3v) is 0. The first kappa shape index (κ1) is 8.82. The number of rotatable bonds is 0. The summed E-state index contributed by atoms with van der Waals surface area (Å²) in [6.07, 6.45) is 0. The second kappa shape index (κ2) is 9.53. The fraction of sp³-hybridized carbons (Fsp3) is 0. The molecule has 0 fully saturated rings. The first-order chi connectivity index (χ1) is 1.41. The van der Waals surface area contributed by atoms with E-state index in [1.54, 1.807) is 0 Å². The summed E-state index contributed by atoms with van der Waals surface area (Å²) < 4.78 is 8.36. The minimum atomic E-state index is -0.250. The molecule has 0 aliphatic heterocycles. The third-order valence-electron chi connectivity index (χ3n) is 0. The molecule has 1 radical (unpaired) electrons. The van der Waals surface area contributed by atoms with Gasteiger partial charge < -0.3 is 0 Å². The molecule has 0 rings (SSSR count). The molecule has 0 unspecified atom stereocenters. The molecule has 0 aliphatic rings. The molecule has 0 amide bonds. The molecule has 2 nitrogen and oxygen atoms in total. The average Bonchev–Trinajstić information content (AvgIpc) is 0.918. The molecular formula is H3BO2Tl. The topological polar surface area (TPSA) is 37.3 Å². The Kier molecular flexibility index (Phi) is 21.0. The van der Waals surface area contributed by atoms with E-state index in [-0.39, 0.29) is 34.7 Å². The molecule has 21 valence electrons. The molecule has 0 aromatic rings. The molecule has 4 heteroatoms. The van der Waals surface area contributed by atoms with Gasteiger partial charge in [-0.1, -0.05) is 0 Å². The van der Waals surface area contributed by atoms with E-state index in [0.717, 1.165) is 0 Å². The summed E-state index contributed by atoms with van der Waals surface area (Å²) >= 11 is 0. The average molecular weight is 250 g/mol. The molecule has 0 saturated carbocycles. The maximum atomic E-state index is 8.36. The molecule has 0 aromatic carbocycles. The molecule has 0 heterocycles. The standard InChI is InChI=1S/BHO2.Tl.2H/c2-1-3;;;/h2H;;;. The van der Waals surface area contributed by atoms with E-state index in [1.165, 1.54) is 0 Å². The van der Waals surface area contributed by atoms with Gasteiger partial charge in [-0.15, -0.1) is 0 Å². The Hall–Kier alpha value is 0.587. The van der Waals surface area contributed by atoms with Gasteiger partial charge in [0.25, 0.3) is 0 Å². The monoisotopic (exact) mass is 251 g/mol. The van der Waals surface area contributed by atoms with Gasteiger partial charge in [-0.05, 0) is 0 Å². The molecule has 0 aromatic heterocycles. The van der Waals surface area contributed by atoms with Crippen LogP contribution in [0.1, 0.15) is 0 Å². The zero-order chi connectivity index (χ0) is 2.71. The SMILES string of the molecule is O=BO.[TlH2]. The van der Waals surface area contributed by atoms with Crippen LogP contribution in [-0.4, -0.2) is 39.7 Å². The van der Waals surface area contributed by atoms with Gasteiger partial charge in [0.1, 0.15) is 0 Å². The Balaban J connectivity index is 0. The van der Waals surface area contributed by atoms with Crippen molar-refractivity contribution in [3.63, 3.8) is 0 Å². The Labute approximate surface area is 44.7 Å². The third kappa shape index (κ3) is 18.9. The summed E-state index contributed by atoms with van der Waals surface area (Å²) in [5.41, 5.74) is 0. The van der Waals surface area contributed by atoms with E-state index in [0.29, 0.717) is 0 Å². The quantitative estimate of drug-likeness (QED) is 0.506. The number of hydrogen-bond acceptors (Lipinski definition) is 1. The van der Waals surface area contributed by atoms with Crippen molar-refractivity contribution in [1.82, 2.24) is 0 Å². The van der Waals surface area contributed by atoms with Crippen molar-refractivity contribution in [1.29, 1.82) is 0 Å². The van der Waals surface area contributed by atoms with E-state index < -0.39 is 0 Å². The normalized spacial score (nSPS) is 2.00. The van der Waals surface area contributed by atoms with E-state index in [1.807, 2.05) is 0 Å². The summed E-state index contributed by atoms with van der Waals surface area (Å²) in [6.45, 7) is 0. The molecule has 0 aliphatic carbocycles. The van der Waals surface area contributed by atoms with Gasteiger partial charge in [0.05, 0.1) is 0 Å². The molecular weight excluding hydrogens is 247 g/mol. The van der Waals surface area contributed by atoms with Crippen molar-refractivity contribution < 1.29 is 9.73 Å². The van der Waals surface area contributed by atoms with Crippen molar-refractivity contribution in [2.75, 3.05) is 0 Å².